The van der Waals surface area contributed by atoms with Gasteiger partial charge in [0.1, 0.15) is 6.61 Å². The van der Waals surface area contributed by atoms with Gasteiger partial charge in [-0.25, -0.2) is 5.84 Å². The number of ether oxygens (including phenoxy) is 1. The van der Waals surface area contributed by atoms with Crippen molar-refractivity contribution in [1.29, 1.82) is 5.26 Å². The monoisotopic (exact) mass is 278 g/mol. The minimum atomic E-state index is -0.948. The van der Waals surface area contributed by atoms with E-state index in [1.54, 1.807) is 13.8 Å². The number of nitriles is 1. The van der Waals surface area contributed by atoms with E-state index in [0.717, 1.165) is 6.07 Å². The highest BCUT2D eigenvalue weighted by Crippen LogP contribution is 2.29. The van der Waals surface area contributed by atoms with Crippen molar-refractivity contribution < 1.29 is 14.5 Å². The van der Waals surface area contributed by atoms with Gasteiger partial charge < -0.3 is 4.74 Å². The SMILES string of the molecule is CC(C)(COc1ccc(C#N)cc1[N+](=O)[O-])C(=O)NN. The summed E-state index contributed by atoms with van der Waals surface area (Å²) in [4.78, 5) is 21.8. The molecule has 3 N–H and O–H groups in total. The maximum atomic E-state index is 11.5. The van der Waals surface area contributed by atoms with E-state index in [9.17, 15) is 14.9 Å². The Morgan fingerprint density at radius 3 is 2.75 bits per heavy atom. The lowest BCUT2D eigenvalue weighted by Gasteiger charge is -2.22. The standard InChI is InChI=1S/C12H14N4O4/c1-12(2,11(17)15-14)7-20-10-4-3-8(6-13)5-9(10)16(18)19/h3-5H,7,14H2,1-2H3,(H,15,17). The summed E-state index contributed by atoms with van der Waals surface area (Å²) in [5.74, 6) is 4.59. The summed E-state index contributed by atoms with van der Waals surface area (Å²) in [5, 5.41) is 19.6. The van der Waals surface area contributed by atoms with Crippen LogP contribution in [0.15, 0.2) is 18.2 Å². The number of carbonyl (C=O) groups excluding carboxylic acids is 1. The van der Waals surface area contributed by atoms with Gasteiger partial charge in [-0.2, -0.15) is 5.26 Å². The molecule has 0 saturated heterocycles. The molecule has 1 rings (SSSR count). The Hall–Kier alpha value is -2.66. The summed E-state index contributed by atoms with van der Waals surface area (Å²) in [6.07, 6.45) is 0. The van der Waals surface area contributed by atoms with Crippen molar-refractivity contribution in [3.05, 3.63) is 33.9 Å². The Morgan fingerprint density at radius 1 is 1.60 bits per heavy atom. The fraction of sp³-hybridized carbons (Fsp3) is 0.333. The molecule has 0 fully saturated rings. The Balaban J connectivity index is 2.96. The zero-order chi connectivity index (χ0) is 15.3. The van der Waals surface area contributed by atoms with Crippen molar-refractivity contribution in [2.24, 2.45) is 11.3 Å². The van der Waals surface area contributed by atoms with Crippen LogP contribution in [0, 0.1) is 26.9 Å². The summed E-state index contributed by atoms with van der Waals surface area (Å²) in [7, 11) is 0. The van der Waals surface area contributed by atoms with Crippen LogP contribution in [0.1, 0.15) is 19.4 Å². The molecule has 0 aliphatic carbocycles. The van der Waals surface area contributed by atoms with Gasteiger partial charge in [-0.3, -0.25) is 20.3 Å². The van der Waals surface area contributed by atoms with Crippen LogP contribution in [0.4, 0.5) is 5.69 Å². The van der Waals surface area contributed by atoms with E-state index in [2.05, 4.69) is 0 Å². The smallest absolute Gasteiger partial charge is 0.312 e. The average Bonchev–Trinajstić information content (AvgIpc) is 2.43. The van der Waals surface area contributed by atoms with Gasteiger partial charge in [-0.05, 0) is 26.0 Å². The molecule has 106 valence electrons. The third-order valence-corrected chi connectivity index (χ3v) is 2.62. The molecule has 1 aromatic rings. The van der Waals surface area contributed by atoms with Crippen LogP contribution in [0.5, 0.6) is 5.75 Å². The average molecular weight is 278 g/mol. The molecule has 8 nitrogen and oxygen atoms in total. The van der Waals surface area contributed by atoms with Crippen LogP contribution in [0.3, 0.4) is 0 Å². The van der Waals surface area contributed by atoms with Crippen LogP contribution >= 0.6 is 0 Å². The maximum absolute atomic E-state index is 11.5. The number of nitro groups is 1. The number of hydrogen-bond donors (Lipinski definition) is 2. The molecular formula is C12H14N4O4. The first kappa shape index (κ1) is 15.4. The third kappa shape index (κ3) is 3.43. The molecule has 0 unspecified atom stereocenters. The van der Waals surface area contributed by atoms with Crippen molar-refractivity contribution in [1.82, 2.24) is 5.43 Å². The van der Waals surface area contributed by atoms with Crippen LogP contribution in [0.2, 0.25) is 0 Å². The first-order valence-electron chi connectivity index (χ1n) is 5.64. The second kappa shape index (κ2) is 5.99. The summed E-state index contributed by atoms with van der Waals surface area (Å²) in [5.41, 5.74) is 0.883. The van der Waals surface area contributed by atoms with Gasteiger partial charge in [0.2, 0.25) is 5.91 Å². The molecule has 0 spiro atoms. The highest BCUT2D eigenvalue weighted by atomic mass is 16.6. The molecule has 1 aromatic carbocycles. The molecule has 1 amide bonds. The number of rotatable bonds is 5. The predicted molar refractivity (Wildman–Crippen MR) is 69.4 cm³/mol. The van der Waals surface area contributed by atoms with Crippen molar-refractivity contribution in [2.75, 3.05) is 6.61 Å². The normalized spacial score (nSPS) is 10.5. The number of hydrazine groups is 1. The number of hydrogen-bond acceptors (Lipinski definition) is 6. The fourth-order valence-corrected chi connectivity index (χ4v) is 1.37. The molecule has 0 saturated carbocycles. The van der Waals surface area contributed by atoms with Gasteiger partial charge in [0.25, 0.3) is 0 Å². The van der Waals surface area contributed by atoms with Gasteiger partial charge in [0, 0.05) is 6.07 Å². The molecule has 0 bridgehead atoms. The second-order valence-corrected chi connectivity index (χ2v) is 4.70. The molecule has 0 radical (unpaired) electrons. The highest BCUT2D eigenvalue weighted by Gasteiger charge is 2.29. The quantitative estimate of drug-likeness (QED) is 0.355. The molecule has 8 heteroatoms. The number of nitrogens with zero attached hydrogens (tertiary/aromatic N) is 2. The van der Waals surface area contributed by atoms with Gasteiger partial charge in [0.05, 0.1) is 22.0 Å². The van der Waals surface area contributed by atoms with Crippen LogP contribution in [0.25, 0.3) is 0 Å². The molecule has 20 heavy (non-hydrogen) atoms. The van der Waals surface area contributed by atoms with E-state index in [4.69, 9.17) is 15.8 Å². The van der Waals surface area contributed by atoms with E-state index < -0.39 is 16.2 Å². The van der Waals surface area contributed by atoms with Gasteiger partial charge in [-0.15, -0.1) is 0 Å². The van der Waals surface area contributed by atoms with Crippen molar-refractivity contribution in [3.63, 3.8) is 0 Å². The lowest BCUT2D eigenvalue weighted by atomic mass is 9.94. The number of carbonyl (C=O) groups is 1. The minimum Gasteiger partial charge on any atom is -0.486 e. The van der Waals surface area contributed by atoms with Crippen molar-refractivity contribution in [3.8, 4) is 11.8 Å². The molecule has 0 aliphatic heterocycles. The maximum Gasteiger partial charge on any atom is 0.312 e. The first-order valence-corrected chi connectivity index (χ1v) is 5.64. The molecule has 0 heterocycles. The van der Waals surface area contributed by atoms with Crippen LogP contribution in [-0.4, -0.2) is 17.4 Å². The Labute approximate surface area is 115 Å². The summed E-state index contributed by atoms with van der Waals surface area (Å²) in [6, 6.07) is 5.65. The van der Waals surface area contributed by atoms with E-state index in [-0.39, 0.29) is 23.6 Å². The lowest BCUT2D eigenvalue weighted by molar-refractivity contribution is -0.386. The molecule has 0 aliphatic rings. The number of nitrogens with one attached hydrogen (secondary N) is 1. The highest BCUT2D eigenvalue weighted by molar-refractivity contribution is 5.81. The number of nitro benzene ring substituents is 1. The summed E-state index contributed by atoms with van der Waals surface area (Å²) in [6.45, 7) is 3.08. The largest absolute Gasteiger partial charge is 0.486 e. The zero-order valence-corrected chi connectivity index (χ0v) is 11.0. The number of benzene rings is 1. The van der Waals surface area contributed by atoms with Gasteiger partial charge in [0.15, 0.2) is 5.75 Å². The topological polar surface area (TPSA) is 131 Å². The third-order valence-electron chi connectivity index (χ3n) is 2.62. The number of nitrogens with two attached hydrogens (primary N) is 1. The molecule has 0 aromatic heterocycles. The van der Waals surface area contributed by atoms with E-state index in [1.165, 1.54) is 12.1 Å². The lowest BCUT2D eigenvalue weighted by Crippen LogP contribution is -2.44. The summed E-state index contributed by atoms with van der Waals surface area (Å²) >= 11 is 0. The van der Waals surface area contributed by atoms with E-state index in [0.29, 0.717) is 0 Å². The number of amides is 1. The Kier molecular flexibility index (Phi) is 4.61. The van der Waals surface area contributed by atoms with Crippen molar-refractivity contribution >= 4 is 11.6 Å². The van der Waals surface area contributed by atoms with Crippen LogP contribution < -0.4 is 16.0 Å². The fourth-order valence-electron chi connectivity index (χ4n) is 1.37. The first-order chi connectivity index (χ1) is 9.31. The van der Waals surface area contributed by atoms with E-state index in [1.807, 2.05) is 11.5 Å². The van der Waals surface area contributed by atoms with Crippen molar-refractivity contribution in [2.45, 2.75) is 13.8 Å². The van der Waals surface area contributed by atoms with Gasteiger partial charge >= 0.3 is 5.69 Å². The second-order valence-electron chi connectivity index (χ2n) is 4.70. The molecular weight excluding hydrogens is 264 g/mol. The summed E-state index contributed by atoms with van der Waals surface area (Å²) < 4.78 is 5.32. The zero-order valence-electron chi connectivity index (χ0n) is 11.0. The van der Waals surface area contributed by atoms with Crippen LogP contribution in [-0.2, 0) is 4.79 Å². The van der Waals surface area contributed by atoms with Gasteiger partial charge in [-0.1, -0.05) is 0 Å². The van der Waals surface area contributed by atoms with E-state index >= 15 is 0 Å². The Morgan fingerprint density at radius 2 is 2.25 bits per heavy atom. The minimum absolute atomic E-state index is 0.00750. The molecule has 0 atom stereocenters. The Bertz CT molecular complexity index is 577. The predicted octanol–water partition coefficient (Wildman–Crippen LogP) is 0.861.